The molecule has 0 saturated carbocycles. The Morgan fingerprint density at radius 1 is 1.39 bits per heavy atom. The summed E-state index contributed by atoms with van der Waals surface area (Å²) in [5.74, 6) is -0.536. The van der Waals surface area contributed by atoms with Gasteiger partial charge >= 0.3 is 0 Å². The molecule has 1 aromatic rings. The van der Waals surface area contributed by atoms with Crippen molar-refractivity contribution >= 4 is 11.8 Å². The zero-order valence-electron chi connectivity index (χ0n) is 10.0. The molecule has 0 aromatic heterocycles. The first kappa shape index (κ1) is 12.3. The van der Waals surface area contributed by atoms with Crippen molar-refractivity contribution in [3.63, 3.8) is 0 Å². The maximum Gasteiger partial charge on any atom is 0.243 e. The molecular weight excluding hydrogens is 230 g/mol. The van der Waals surface area contributed by atoms with Gasteiger partial charge in [0, 0.05) is 6.54 Å². The lowest BCUT2D eigenvalue weighted by Gasteiger charge is -2.31. The molecule has 1 heterocycles. The van der Waals surface area contributed by atoms with Gasteiger partial charge in [0.25, 0.3) is 0 Å². The molecule has 1 unspecified atom stereocenters. The highest BCUT2D eigenvalue weighted by Crippen LogP contribution is 2.12. The predicted octanol–water partition coefficient (Wildman–Crippen LogP) is 0.405. The van der Waals surface area contributed by atoms with Gasteiger partial charge in [-0.1, -0.05) is 12.1 Å². The maximum absolute atomic E-state index is 11.5. The lowest BCUT2D eigenvalue weighted by atomic mass is 10.1. The predicted molar refractivity (Wildman–Crippen MR) is 64.2 cm³/mol. The number of nitriles is 1. The summed E-state index contributed by atoms with van der Waals surface area (Å²) >= 11 is 0. The van der Waals surface area contributed by atoms with Crippen LogP contribution in [0, 0.1) is 11.3 Å². The highest BCUT2D eigenvalue weighted by Gasteiger charge is 2.29. The topological polar surface area (TPSA) is 73.2 Å². The minimum atomic E-state index is -0.321. The van der Waals surface area contributed by atoms with E-state index in [9.17, 15) is 9.59 Å². The van der Waals surface area contributed by atoms with Crippen molar-refractivity contribution < 1.29 is 9.59 Å². The van der Waals surface area contributed by atoms with Crippen LogP contribution >= 0.6 is 0 Å². The summed E-state index contributed by atoms with van der Waals surface area (Å²) in [6.07, 6.45) is 0. The molecule has 18 heavy (non-hydrogen) atoms. The zero-order chi connectivity index (χ0) is 13.1. The summed E-state index contributed by atoms with van der Waals surface area (Å²) < 4.78 is 0. The molecule has 1 saturated heterocycles. The molecule has 1 fully saturated rings. The second-order valence-electron chi connectivity index (χ2n) is 4.30. The van der Waals surface area contributed by atoms with Crippen molar-refractivity contribution in [2.24, 2.45) is 0 Å². The van der Waals surface area contributed by atoms with Gasteiger partial charge in [-0.05, 0) is 24.6 Å². The summed E-state index contributed by atoms with van der Waals surface area (Å²) in [5.41, 5.74) is 1.57. The van der Waals surface area contributed by atoms with Gasteiger partial charge in [-0.15, -0.1) is 0 Å². The van der Waals surface area contributed by atoms with Crippen molar-refractivity contribution in [3.05, 3.63) is 35.4 Å². The quantitative estimate of drug-likeness (QED) is 0.763. The Hall–Kier alpha value is -2.19. The van der Waals surface area contributed by atoms with Crippen LogP contribution in [0.1, 0.15) is 18.1 Å². The van der Waals surface area contributed by atoms with Crippen molar-refractivity contribution in [2.75, 3.05) is 6.54 Å². The minimum absolute atomic E-state index is 0.215. The molecule has 0 bridgehead atoms. The summed E-state index contributed by atoms with van der Waals surface area (Å²) in [6.45, 7) is 2.50. The largest absolute Gasteiger partial charge is 0.294 e. The van der Waals surface area contributed by atoms with E-state index in [0.29, 0.717) is 12.1 Å². The van der Waals surface area contributed by atoms with Crippen LogP contribution in [0.4, 0.5) is 0 Å². The number of hydrogen-bond acceptors (Lipinski definition) is 4. The fraction of sp³-hybridized carbons (Fsp3) is 0.308. The molecule has 1 N–H and O–H groups in total. The molecule has 1 aliphatic heterocycles. The molecule has 1 aromatic carbocycles. The average Bonchev–Trinajstić information content (AvgIpc) is 2.36. The number of carbonyl (C=O) groups excluding carboxylic acids is 2. The van der Waals surface area contributed by atoms with E-state index in [0.717, 1.165) is 5.56 Å². The first-order chi connectivity index (χ1) is 8.60. The first-order valence-corrected chi connectivity index (χ1v) is 5.67. The number of nitrogens with zero attached hydrogens (tertiary/aromatic N) is 2. The Labute approximate surface area is 105 Å². The van der Waals surface area contributed by atoms with Crippen molar-refractivity contribution in [2.45, 2.75) is 19.5 Å². The van der Waals surface area contributed by atoms with Crippen molar-refractivity contribution in [1.29, 1.82) is 5.26 Å². The monoisotopic (exact) mass is 243 g/mol. The molecule has 5 heteroatoms. The Morgan fingerprint density at radius 3 is 2.67 bits per heavy atom. The zero-order valence-corrected chi connectivity index (χ0v) is 10.0. The summed E-state index contributed by atoms with van der Waals surface area (Å²) in [5, 5.41) is 11.0. The number of rotatable bonds is 2. The van der Waals surface area contributed by atoms with Crippen molar-refractivity contribution in [3.8, 4) is 6.07 Å². The summed E-state index contributed by atoms with van der Waals surface area (Å²) in [6, 6.07) is 8.86. The lowest BCUT2D eigenvalue weighted by molar-refractivity contribution is -0.139. The van der Waals surface area contributed by atoms with Crippen LogP contribution in [0.5, 0.6) is 0 Å². The molecule has 5 nitrogen and oxygen atoms in total. The van der Waals surface area contributed by atoms with Crippen LogP contribution in [0.3, 0.4) is 0 Å². The van der Waals surface area contributed by atoms with Crippen LogP contribution < -0.4 is 5.32 Å². The summed E-state index contributed by atoms with van der Waals surface area (Å²) in [7, 11) is 0. The van der Waals surface area contributed by atoms with Gasteiger partial charge in [0.2, 0.25) is 11.8 Å². The molecule has 0 spiro atoms. The molecule has 1 atom stereocenters. The molecule has 0 aliphatic carbocycles. The van der Waals surface area contributed by atoms with E-state index in [-0.39, 0.29) is 24.4 Å². The van der Waals surface area contributed by atoms with Crippen LogP contribution in [0.15, 0.2) is 24.3 Å². The van der Waals surface area contributed by atoms with Gasteiger partial charge < -0.3 is 0 Å². The van der Waals surface area contributed by atoms with E-state index in [1.165, 1.54) is 0 Å². The van der Waals surface area contributed by atoms with Gasteiger partial charge in [-0.25, -0.2) is 0 Å². The Balaban J connectivity index is 2.10. The van der Waals surface area contributed by atoms with Gasteiger partial charge in [0.05, 0.1) is 24.2 Å². The third-order valence-corrected chi connectivity index (χ3v) is 3.01. The first-order valence-electron chi connectivity index (χ1n) is 5.67. The smallest absolute Gasteiger partial charge is 0.243 e. The van der Waals surface area contributed by atoms with E-state index in [1.807, 2.05) is 23.1 Å². The summed E-state index contributed by atoms with van der Waals surface area (Å²) in [4.78, 5) is 24.6. The third-order valence-electron chi connectivity index (χ3n) is 3.01. The second-order valence-corrected chi connectivity index (χ2v) is 4.30. The normalized spacial score (nSPS) is 20.3. The Morgan fingerprint density at radius 2 is 2.06 bits per heavy atom. The molecular formula is C13H13N3O2. The number of amides is 2. The lowest BCUT2D eigenvalue weighted by Crippen LogP contribution is -2.56. The van der Waals surface area contributed by atoms with Gasteiger partial charge in [-0.3, -0.25) is 19.8 Å². The Bertz CT molecular complexity index is 516. The third kappa shape index (κ3) is 2.55. The van der Waals surface area contributed by atoms with Crippen molar-refractivity contribution in [1.82, 2.24) is 10.2 Å². The van der Waals surface area contributed by atoms with E-state index in [1.54, 1.807) is 19.1 Å². The average molecular weight is 243 g/mol. The van der Waals surface area contributed by atoms with Crippen LogP contribution in [-0.2, 0) is 16.1 Å². The SMILES string of the molecule is CC1C(=O)NC(=O)CN1Cc1ccc(C#N)cc1. The molecule has 2 amide bonds. The fourth-order valence-electron chi connectivity index (χ4n) is 1.88. The number of benzene rings is 1. The van der Waals surface area contributed by atoms with Gasteiger partial charge in [0.15, 0.2) is 0 Å². The van der Waals surface area contributed by atoms with E-state index in [4.69, 9.17) is 5.26 Å². The fourth-order valence-corrected chi connectivity index (χ4v) is 1.88. The number of hydrogen-bond donors (Lipinski definition) is 1. The standard InChI is InChI=1S/C13H13N3O2/c1-9-13(18)15-12(17)8-16(9)7-11-4-2-10(6-14)3-5-11/h2-5,9H,7-8H2,1H3,(H,15,17,18). The van der Waals surface area contributed by atoms with E-state index >= 15 is 0 Å². The molecule has 0 radical (unpaired) electrons. The number of piperazine rings is 1. The van der Waals surface area contributed by atoms with E-state index < -0.39 is 0 Å². The number of carbonyl (C=O) groups is 2. The van der Waals surface area contributed by atoms with Crippen LogP contribution in [0.25, 0.3) is 0 Å². The van der Waals surface area contributed by atoms with Crippen LogP contribution in [-0.4, -0.2) is 29.3 Å². The van der Waals surface area contributed by atoms with Crippen LogP contribution in [0.2, 0.25) is 0 Å². The number of imide groups is 1. The maximum atomic E-state index is 11.5. The minimum Gasteiger partial charge on any atom is -0.294 e. The highest BCUT2D eigenvalue weighted by atomic mass is 16.2. The van der Waals surface area contributed by atoms with E-state index in [2.05, 4.69) is 5.32 Å². The Kier molecular flexibility index (Phi) is 3.40. The molecule has 1 aliphatic rings. The number of nitrogens with one attached hydrogen (secondary N) is 1. The highest BCUT2D eigenvalue weighted by molar-refractivity contribution is 6.00. The van der Waals surface area contributed by atoms with Gasteiger partial charge in [-0.2, -0.15) is 5.26 Å². The van der Waals surface area contributed by atoms with Gasteiger partial charge in [0.1, 0.15) is 0 Å². The molecule has 2 rings (SSSR count). The second kappa shape index (κ2) is 4.98. The molecule has 92 valence electrons.